The molecule has 4 amide bonds. The van der Waals surface area contributed by atoms with Gasteiger partial charge in [0.25, 0.3) is 0 Å². The molecular formula is C40H65N5O8. The quantitative estimate of drug-likeness (QED) is 0.166. The van der Waals surface area contributed by atoms with E-state index < -0.39 is 59.7 Å². The van der Waals surface area contributed by atoms with Gasteiger partial charge >= 0.3 is 5.97 Å². The number of carbonyl (C=O) groups excluding carboxylic acids is 4. The molecule has 0 aliphatic carbocycles. The Hall–Kier alpha value is -3.55. The first-order chi connectivity index (χ1) is 25.1. The van der Waals surface area contributed by atoms with E-state index in [-0.39, 0.29) is 42.4 Å². The van der Waals surface area contributed by atoms with Crippen LogP contribution in [0, 0.1) is 17.8 Å². The van der Waals surface area contributed by atoms with Crippen molar-refractivity contribution in [1.29, 1.82) is 0 Å². The fourth-order valence-corrected chi connectivity index (χ4v) is 7.94. The van der Waals surface area contributed by atoms with E-state index >= 15 is 0 Å². The highest BCUT2D eigenvalue weighted by atomic mass is 16.5. The number of aliphatic carboxylic acids is 1. The Balaban J connectivity index is 1.76. The second kappa shape index (κ2) is 20.2. The summed E-state index contributed by atoms with van der Waals surface area (Å²) in [6.45, 7) is 12.7. The molecule has 0 radical (unpaired) electrons. The van der Waals surface area contributed by atoms with Gasteiger partial charge in [0.05, 0.1) is 42.2 Å². The second-order valence-electron chi connectivity index (χ2n) is 15.6. The predicted molar refractivity (Wildman–Crippen MR) is 203 cm³/mol. The number of likely N-dealkylation sites (N-methyl/N-ethyl adjacent to an activating group) is 1. The minimum atomic E-state index is -1.14. The number of hydrogen-bond donors (Lipinski definition) is 4. The highest BCUT2D eigenvalue weighted by molar-refractivity contribution is 5.92. The Morgan fingerprint density at radius 2 is 1.70 bits per heavy atom. The number of nitrogens with one attached hydrogen (secondary N) is 3. The second-order valence-corrected chi connectivity index (χ2v) is 15.6. The average Bonchev–Trinajstić information content (AvgIpc) is 3.63. The summed E-state index contributed by atoms with van der Waals surface area (Å²) in [7, 11) is 4.77. The van der Waals surface area contributed by atoms with Crippen LogP contribution in [0.4, 0.5) is 0 Å². The van der Waals surface area contributed by atoms with E-state index in [4.69, 9.17) is 9.47 Å². The summed E-state index contributed by atoms with van der Waals surface area (Å²) in [4.78, 5) is 70.8. The molecule has 13 heteroatoms. The van der Waals surface area contributed by atoms with Gasteiger partial charge in [0.1, 0.15) is 12.1 Å². The molecule has 1 aromatic carbocycles. The first-order valence-electron chi connectivity index (χ1n) is 19.3. The SMILES string of the molecule is CCC(C)[C@@H]([C@@H](CC(=O)N1CCC[C@H]1[C@H](OC)[C@@H](C)C(=O)N[C@@H](Cc1ccccc1)C(=O)O)OC)N(C)C(=O)[C@@H](NC(=O)[C@@]1(C)CCCCN1)C(C)C. The van der Waals surface area contributed by atoms with Crippen molar-refractivity contribution in [2.75, 3.05) is 34.4 Å². The van der Waals surface area contributed by atoms with Gasteiger partial charge in [-0.25, -0.2) is 4.79 Å². The summed E-state index contributed by atoms with van der Waals surface area (Å²) in [6.07, 6.45) is 3.49. The van der Waals surface area contributed by atoms with E-state index in [2.05, 4.69) is 16.0 Å². The Kier molecular flexibility index (Phi) is 16.7. The Morgan fingerprint density at radius 3 is 2.25 bits per heavy atom. The van der Waals surface area contributed by atoms with Crippen LogP contribution in [0.3, 0.4) is 0 Å². The number of methoxy groups -OCH3 is 2. The van der Waals surface area contributed by atoms with E-state index in [0.29, 0.717) is 25.8 Å². The number of carboxylic acid groups (broad SMARTS) is 1. The molecule has 53 heavy (non-hydrogen) atoms. The van der Waals surface area contributed by atoms with Crippen LogP contribution in [0.2, 0.25) is 0 Å². The smallest absolute Gasteiger partial charge is 0.326 e. The van der Waals surface area contributed by atoms with Gasteiger partial charge in [-0.3, -0.25) is 19.2 Å². The maximum absolute atomic E-state index is 14.2. The number of nitrogens with zero attached hydrogens (tertiary/aromatic N) is 2. The number of piperidine rings is 1. The highest BCUT2D eigenvalue weighted by Crippen LogP contribution is 2.30. The number of likely N-dealkylation sites (tertiary alicyclic amines) is 1. The summed E-state index contributed by atoms with van der Waals surface area (Å²) in [5.41, 5.74) is 0.0435. The van der Waals surface area contributed by atoms with Crippen LogP contribution >= 0.6 is 0 Å². The number of amides is 4. The number of benzene rings is 1. The fraction of sp³-hybridized carbons (Fsp3) is 0.725. The van der Waals surface area contributed by atoms with Gasteiger partial charge in [-0.1, -0.05) is 71.4 Å². The van der Waals surface area contributed by atoms with Crippen LogP contribution in [0.25, 0.3) is 0 Å². The zero-order valence-corrected chi connectivity index (χ0v) is 33.4. The Labute approximate surface area is 316 Å². The molecule has 9 atom stereocenters. The number of rotatable bonds is 19. The lowest BCUT2D eigenvalue weighted by Gasteiger charge is -2.41. The zero-order chi connectivity index (χ0) is 39.5. The van der Waals surface area contributed by atoms with Crippen LogP contribution in [0.15, 0.2) is 30.3 Å². The molecule has 2 aliphatic rings. The molecule has 13 nitrogen and oxygen atoms in total. The lowest BCUT2D eigenvalue weighted by molar-refractivity contribution is -0.148. The van der Waals surface area contributed by atoms with E-state index in [9.17, 15) is 29.1 Å². The number of carbonyl (C=O) groups is 5. The van der Waals surface area contributed by atoms with Gasteiger partial charge in [0.15, 0.2) is 0 Å². The van der Waals surface area contributed by atoms with Crippen molar-refractivity contribution in [3.8, 4) is 0 Å². The summed E-state index contributed by atoms with van der Waals surface area (Å²) in [5, 5.41) is 18.9. The maximum Gasteiger partial charge on any atom is 0.326 e. The van der Waals surface area contributed by atoms with E-state index in [1.165, 1.54) is 7.11 Å². The summed E-state index contributed by atoms with van der Waals surface area (Å²) in [5.74, 6) is -3.18. The summed E-state index contributed by atoms with van der Waals surface area (Å²) in [6, 6.07) is 6.34. The van der Waals surface area contributed by atoms with Crippen LogP contribution in [-0.2, 0) is 39.9 Å². The van der Waals surface area contributed by atoms with E-state index in [1.807, 2.05) is 65.0 Å². The summed E-state index contributed by atoms with van der Waals surface area (Å²) >= 11 is 0. The van der Waals surface area contributed by atoms with Crippen molar-refractivity contribution in [2.24, 2.45) is 17.8 Å². The molecule has 298 valence electrons. The molecular weight excluding hydrogens is 678 g/mol. The predicted octanol–water partition coefficient (Wildman–Crippen LogP) is 3.39. The lowest BCUT2D eigenvalue weighted by Crippen LogP contribution is -2.63. The standard InChI is InChI=1S/C40H65N5O8/c1-10-26(4)34(44(7)37(48)33(25(2)3)43-39(51)40(6)20-14-15-21-41-40)31(52-8)24-32(46)45-22-16-19-30(45)35(53-9)27(5)36(47)42-29(38(49)50)23-28-17-12-11-13-18-28/h11-13,17-18,25-27,29-31,33-35,41H,10,14-16,19-24H2,1-9H3,(H,42,47)(H,43,51)(H,49,50)/t26?,27-,29+,30+,31-,33+,34+,35-,40-/m1/s1. The Bertz CT molecular complexity index is 1370. The van der Waals surface area contributed by atoms with Gasteiger partial charge in [0, 0.05) is 34.2 Å². The van der Waals surface area contributed by atoms with Gasteiger partial charge < -0.3 is 40.3 Å². The zero-order valence-electron chi connectivity index (χ0n) is 33.4. The molecule has 2 saturated heterocycles. The molecule has 0 aromatic heterocycles. The van der Waals surface area contributed by atoms with Crippen molar-refractivity contribution in [1.82, 2.24) is 25.8 Å². The fourth-order valence-electron chi connectivity index (χ4n) is 7.94. The molecule has 2 fully saturated rings. The topological polar surface area (TPSA) is 167 Å². The van der Waals surface area contributed by atoms with Crippen molar-refractivity contribution < 1.29 is 38.6 Å². The molecule has 2 aliphatic heterocycles. The summed E-state index contributed by atoms with van der Waals surface area (Å²) < 4.78 is 11.9. The Morgan fingerprint density at radius 1 is 1.02 bits per heavy atom. The van der Waals surface area contributed by atoms with E-state index in [0.717, 1.165) is 31.4 Å². The maximum atomic E-state index is 14.2. The van der Waals surface area contributed by atoms with Crippen LogP contribution in [0.5, 0.6) is 0 Å². The van der Waals surface area contributed by atoms with Crippen molar-refractivity contribution >= 4 is 29.6 Å². The molecule has 4 N–H and O–H groups in total. The molecule has 2 heterocycles. The van der Waals surface area contributed by atoms with Crippen molar-refractivity contribution in [3.05, 3.63) is 35.9 Å². The highest BCUT2D eigenvalue weighted by Gasteiger charge is 2.44. The number of hydrogen-bond acceptors (Lipinski definition) is 8. The van der Waals surface area contributed by atoms with Crippen LogP contribution < -0.4 is 16.0 Å². The van der Waals surface area contributed by atoms with Gasteiger partial charge in [-0.15, -0.1) is 0 Å². The minimum absolute atomic E-state index is 0.00447. The third kappa shape index (κ3) is 11.2. The third-order valence-electron chi connectivity index (χ3n) is 11.5. The van der Waals surface area contributed by atoms with Crippen molar-refractivity contribution in [2.45, 2.75) is 135 Å². The first kappa shape index (κ1) is 43.9. The lowest BCUT2D eigenvalue weighted by atomic mass is 9.88. The van der Waals surface area contributed by atoms with Crippen molar-refractivity contribution in [3.63, 3.8) is 0 Å². The monoisotopic (exact) mass is 743 g/mol. The van der Waals surface area contributed by atoms with Crippen LogP contribution in [-0.4, -0.2) is 121 Å². The van der Waals surface area contributed by atoms with Gasteiger partial charge in [-0.05, 0) is 63.0 Å². The first-order valence-corrected chi connectivity index (χ1v) is 19.3. The van der Waals surface area contributed by atoms with Crippen LogP contribution in [0.1, 0.15) is 92.1 Å². The minimum Gasteiger partial charge on any atom is -0.480 e. The third-order valence-corrected chi connectivity index (χ3v) is 11.5. The molecule has 1 unspecified atom stereocenters. The molecule has 0 saturated carbocycles. The average molecular weight is 744 g/mol. The molecule has 1 aromatic rings. The molecule has 0 bridgehead atoms. The normalized spacial score (nSPS) is 22.9. The number of ether oxygens (including phenoxy) is 2. The van der Waals surface area contributed by atoms with Gasteiger partial charge in [-0.2, -0.15) is 0 Å². The molecule has 3 rings (SSSR count). The largest absolute Gasteiger partial charge is 0.480 e. The number of carboxylic acids is 1. The van der Waals surface area contributed by atoms with Gasteiger partial charge in [0.2, 0.25) is 23.6 Å². The van der Waals surface area contributed by atoms with E-state index in [1.54, 1.807) is 30.9 Å². The molecule has 0 spiro atoms.